The van der Waals surface area contributed by atoms with E-state index in [1.54, 1.807) is 14.0 Å². The van der Waals surface area contributed by atoms with E-state index in [2.05, 4.69) is 0 Å². The van der Waals surface area contributed by atoms with Crippen LogP contribution in [0.3, 0.4) is 0 Å². The number of benzene rings is 1. The van der Waals surface area contributed by atoms with Crippen LogP contribution in [0.4, 0.5) is 5.69 Å². The Morgan fingerprint density at radius 2 is 2.15 bits per heavy atom. The van der Waals surface area contributed by atoms with E-state index in [1.165, 1.54) is 30.2 Å². The van der Waals surface area contributed by atoms with Gasteiger partial charge in [-0.15, -0.1) is 12.4 Å². The van der Waals surface area contributed by atoms with Crippen LogP contribution in [0, 0.1) is 10.1 Å². The molecule has 1 rings (SSSR count). The monoisotopic (exact) mass is 303 g/mol. The third-order valence-corrected chi connectivity index (χ3v) is 2.95. The lowest BCUT2D eigenvalue weighted by atomic mass is 10.1. The first-order valence-corrected chi connectivity index (χ1v) is 5.72. The molecule has 0 heterocycles. The molecule has 0 radical (unpaired) electrons. The molecule has 2 N–H and O–H groups in total. The lowest BCUT2D eigenvalue weighted by Crippen LogP contribution is -2.39. The molecule has 0 aliphatic carbocycles. The van der Waals surface area contributed by atoms with E-state index in [1.807, 2.05) is 0 Å². The van der Waals surface area contributed by atoms with Gasteiger partial charge in [-0.1, -0.05) is 0 Å². The second kappa shape index (κ2) is 7.66. The van der Waals surface area contributed by atoms with E-state index in [9.17, 15) is 14.9 Å². The fourth-order valence-electron chi connectivity index (χ4n) is 1.53. The number of likely N-dealkylation sites (N-methyl/N-ethyl adjacent to an activating group) is 1. The highest BCUT2D eigenvalue weighted by Gasteiger charge is 2.21. The Labute approximate surface area is 123 Å². The fraction of sp³-hybridized carbons (Fsp3) is 0.417. The molecule has 1 unspecified atom stereocenters. The molecule has 0 aliphatic heterocycles. The summed E-state index contributed by atoms with van der Waals surface area (Å²) in [5.41, 5.74) is 5.49. The van der Waals surface area contributed by atoms with E-state index in [4.69, 9.17) is 10.5 Å². The summed E-state index contributed by atoms with van der Waals surface area (Å²) in [6.45, 7) is 2.12. The highest BCUT2D eigenvalue weighted by molar-refractivity contribution is 5.95. The van der Waals surface area contributed by atoms with Crippen molar-refractivity contribution in [2.45, 2.75) is 13.0 Å². The van der Waals surface area contributed by atoms with Gasteiger partial charge in [0.25, 0.3) is 5.91 Å². The van der Waals surface area contributed by atoms with Crippen molar-refractivity contribution in [3.8, 4) is 5.75 Å². The molecule has 8 heteroatoms. The Bertz CT molecular complexity index is 496. The highest BCUT2D eigenvalue weighted by Crippen LogP contribution is 2.28. The molecule has 0 aliphatic rings. The van der Waals surface area contributed by atoms with Crippen LogP contribution in [-0.4, -0.2) is 42.5 Å². The van der Waals surface area contributed by atoms with Gasteiger partial charge in [0.05, 0.1) is 12.0 Å². The van der Waals surface area contributed by atoms with Crippen molar-refractivity contribution in [2.75, 3.05) is 20.7 Å². The minimum absolute atomic E-state index is 0. The third kappa shape index (κ3) is 3.82. The molecule has 112 valence electrons. The highest BCUT2D eigenvalue weighted by atomic mass is 35.5. The molecule has 7 nitrogen and oxygen atoms in total. The van der Waals surface area contributed by atoms with Crippen molar-refractivity contribution in [1.29, 1.82) is 0 Å². The zero-order valence-electron chi connectivity index (χ0n) is 11.5. The molecule has 0 saturated carbocycles. The van der Waals surface area contributed by atoms with Crippen LogP contribution in [0.15, 0.2) is 18.2 Å². The van der Waals surface area contributed by atoms with Crippen molar-refractivity contribution in [1.82, 2.24) is 4.90 Å². The minimum Gasteiger partial charge on any atom is -0.490 e. The van der Waals surface area contributed by atoms with Gasteiger partial charge in [0, 0.05) is 31.3 Å². The predicted octanol–water partition coefficient (Wildman–Crippen LogP) is 1.44. The summed E-state index contributed by atoms with van der Waals surface area (Å²) in [6.07, 6.45) is 0. The number of carbonyl (C=O) groups excluding carboxylic acids is 1. The Balaban J connectivity index is 0.00000361. The maximum atomic E-state index is 12.1. The average Bonchev–Trinajstić information content (AvgIpc) is 2.43. The molecule has 0 spiro atoms. The number of nitrogens with zero attached hydrogens (tertiary/aromatic N) is 2. The molecule has 20 heavy (non-hydrogen) atoms. The maximum Gasteiger partial charge on any atom is 0.311 e. The number of hydrogen-bond acceptors (Lipinski definition) is 5. The number of nitrogens with two attached hydrogens (primary N) is 1. The quantitative estimate of drug-likeness (QED) is 0.655. The van der Waals surface area contributed by atoms with Gasteiger partial charge < -0.3 is 15.4 Å². The summed E-state index contributed by atoms with van der Waals surface area (Å²) in [7, 11) is 2.95. The van der Waals surface area contributed by atoms with Crippen LogP contribution >= 0.6 is 12.4 Å². The van der Waals surface area contributed by atoms with Crippen LogP contribution in [0.2, 0.25) is 0 Å². The molecule has 1 aromatic rings. The van der Waals surface area contributed by atoms with Crippen molar-refractivity contribution < 1.29 is 14.5 Å². The van der Waals surface area contributed by atoms with Crippen LogP contribution < -0.4 is 10.5 Å². The number of nitro groups is 1. The second-order valence-corrected chi connectivity index (χ2v) is 4.14. The van der Waals surface area contributed by atoms with Crippen molar-refractivity contribution >= 4 is 24.0 Å². The Kier molecular flexibility index (Phi) is 6.95. The third-order valence-electron chi connectivity index (χ3n) is 2.95. The summed E-state index contributed by atoms with van der Waals surface area (Å²) < 4.78 is 4.88. The topological polar surface area (TPSA) is 98.7 Å². The number of hydrogen-bond donors (Lipinski definition) is 1. The first-order chi connectivity index (χ1) is 8.92. The number of nitro benzene ring substituents is 1. The smallest absolute Gasteiger partial charge is 0.311 e. The molecule has 1 atom stereocenters. The number of halogens is 1. The van der Waals surface area contributed by atoms with Gasteiger partial charge in [-0.25, -0.2) is 0 Å². The number of amides is 1. The zero-order chi connectivity index (χ0) is 14.6. The predicted molar refractivity (Wildman–Crippen MR) is 77.5 cm³/mol. The normalized spacial score (nSPS) is 11.2. The Morgan fingerprint density at radius 1 is 1.55 bits per heavy atom. The molecule has 1 amide bonds. The average molecular weight is 304 g/mol. The number of ether oxygens (including phenoxy) is 1. The molecule has 0 fully saturated rings. The molecule has 0 saturated heterocycles. The SMILES string of the molecule is COc1ccc(C(=O)N(C)C(C)CN)cc1[N+](=O)[O-].Cl. The van der Waals surface area contributed by atoms with Crippen molar-refractivity contribution in [3.05, 3.63) is 33.9 Å². The largest absolute Gasteiger partial charge is 0.490 e. The summed E-state index contributed by atoms with van der Waals surface area (Å²) >= 11 is 0. The zero-order valence-corrected chi connectivity index (χ0v) is 12.3. The number of methoxy groups -OCH3 is 1. The fourth-order valence-corrected chi connectivity index (χ4v) is 1.53. The van der Waals surface area contributed by atoms with Crippen LogP contribution in [0.1, 0.15) is 17.3 Å². The molecule has 0 bridgehead atoms. The first-order valence-electron chi connectivity index (χ1n) is 5.72. The minimum atomic E-state index is -0.581. The lowest BCUT2D eigenvalue weighted by Gasteiger charge is -2.23. The first kappa shape index (κ1) is 18.1. The van der Waals surface area contributed by atoms with Gasteiger partial charge in [0.2, 0.25) is 0 Å². The van der Waals surface area contributed by atoms with Gasteiger partial charge in [0.1, 0.15) is 0 Å². The summed E-state index contributed by atoms with van der Waals surface area (Å²) in [5, 5.41) is 10.9. The van der Waals surface area contributed by atoms with Crippen molar-refractivity contribution in [3.63, 3.8) is 0 Å². The van der Waals surface area contributed by atoms with Crippen LogP contribution in [-0.2, 0) is 0 Å². The van der Waals surface area contributed by atoms with Gasteiger partial charge in [-0.3, -0.25) is 14.9 Å². The van der Waals surface area contributed by atoms with Gasteiger partial charge in [-0.05, 0) is 19.1 Å². The van der Waals surface area contributed by atoms with Crippen LogP contribution in [0.5, 0.6) is 5.75 Å². The van der Waals surface area contributed by atoms with Gasteiger partial charge in [0.15, 0.2) is 5.75 Å². The van der Waals surface area contributed by atoms with Gasteiger partial charge >= 0.3 is 5.69 Å². The summed E-state index contributed by atoms with van der Waals surface area (Å²) in [6, 6.07) is 3.97. The van der Waals surface area contributed by atoms with E-state index in [0.29, 0.717) is 6.54 Å². The second-order valence-electron chi connectivity index (χ2n) is 4.14. The van der Waals surface area contributed by atoms with Gasteiger partial charge in [-0.2, -0.15) is 0 Å². The summed E-state index contributed by atoms with van der Waals surface area (Å²) in [5.74, 6) is -0.195. The van der Waals surface area contributed by atoms with E-state index in [-0.39, 0.29) is 41.4 Å². The number of carbonyl (C=O) groups is 1. The number of rotatable bonds is 5. The maximum absolute atomic E-state index is 12.1. The molecule has 0 aromatic heterocycles. The van der Waals surface area contributed by atoms with E-state index < -0.39 is 4.92 Å². The summed E-state index contributed by atoms with van der Waals surface area (Å²) in [4.78, 5) is 23.9. The standard InChI is InChI=1S/C12H17N3O4.ClH/c1-8(7-13)14(2)12(16)9-4-5-11(19-3)10(6-9)15(17)18;/h4-6,8H,7,13H2,1-3H3;1H. The Morgan fingerprint density at radius 3 is 2.60 bits per heavy atom. The lowest BCUT2D eigenvalue weighted by molar-refractivity contribution is -0.385. The van der Waals surface area contributed by atoms with Crippen molar-refractivity contribution in [2.24, 2.45) is 5.73 Å². The molecule has 1 aromatic carbocycles. The Hall–Kier alpha value is -1.86. The van der Waals surface area contributed by atoms with E-state index in [0.717, 1.165) is 0 Å². The molecular weight excluding hydrogens is 286 g/mol. The molecular formula is C12H18ClN3O4. The van der Waals surface area contributed by atoms with Crippen LogP contribution in [0.25, 0.3) is 0 Å². The van der Waals surface area contributed by atoms with E-state index >= 15 is 0 Å².